The van der Waals surface area contributed by atoms with Crippen LogP contribution in [0.1, 0.15) is 31.7 Å². The molecule has 0 aliphatic carbocycles. The SMILES string of the molecule is CCCCCNC(=O)NCc1cc(-c2ccccc2)oc1-c1ccccc1. The van der Waals surface area contributed by atoms with E-state index in [1.807, 2.05) is 66.7 Å². The fourth-order valence-corrected chi connectivity index (χ4v) is 2.95. The summed E-state index contributed by atoms with van der Waals surface area (Å²) >= 11 is 0. The van der Waals surface area contributed by atoms with Crippen LogP contribution in [0.3, 0.4) is 0 Å². The second-order valence-corrected chi connectivity index (χ2v) is 6.51. The van der Waals surface area contributed by atoms with Gasteiger partial charge in [0, 0.05) is 29.8 Å². The molecule has 0 saturated heterocycles. The third-order valence-electron chi connectivity index (χ3n) is 4.41. The normalized spacial score (nSPS) is 10.6. The number of furan rings is 1. The molecule has 140 valence electrons. The number of hydrogen-bond donors (Lipinski definition) is 2. The first-order chi connectivity index (χ1) is 13.3. The lowest BCUT2D eigenvalue weighted by Crippen LogP contribution is -2.35. The molecule has 0 fully saturated rings. The van der Waals surface area contributed by atoms with Crippen LogP contribution in [0.5, 0.6) is 0 Å². The van der Waals surface area contributed by atoms with E-state index in [0.29, 0.717) is 13.1 Å². The van der Waals surface area contributed by atoms with E-state index in [0.717, 1.165) is 47.5 Å². The zero-order chi connectivity index (χ0) is 18.9. The number of carbonyl (C=O) groups excluding carboxylic acids is 1. The van der Waals surface area contributed by atoms with Crippen molar-refractivity contribution in [2.45, 2.75) is 32.7 Å². The Morgan fingerprint density at radius 1 is 0.889 bits per heavy atom. The third kappa shape index (κ3) is 5.23. The summed E-state index contributed by atoms with van der Waals surface area (Å²) < 4.78 is 6.16. The van der Waals surface area contributed by atoms with Crippen molar-refractivity contribution in [2.75, 3.05) is 6.54 Å². The lowest BCUT2D eigenvalue weighted by atomic mass is 10.1. The Kier molecular flexibility index (Phi) is 6.69. The number of urea groups is 1. The van der Waals surface area contributed by atoms with Crippen molar-refractivity contribution in [2.24, 2.45) is 0 Å². The van der Waals surface area contributed by atoms with Crippen LogP contribution in [0, 0.1) is 0 Å². The average Bonchev–Trinajstić information content (AvgIpc) is 3.15. The van der Waals surface area contributed by atoms with Gasteiger partial charge in [-0.15, -0.1) is 0 Å². The topological polar surface area (TPSA) is 54.3 Å². The quantitative estimate of drug-likeness (QED) is 0.512. The number of carbonyl (C=O) groups is 1. The number of nitrogens with one attached hydrogen (secondary N) is 2. The summed E-state index contributed by atoms with van der Waals surface area (Å²) in [5.41, 5.74) is 2.98. The molecule has 3 aromatic rings. The zero-order valence-electron chi connectivity index (χ0n) is 15.7. The standard InChI is InChI=1S/C23H26N2O2/c1-2-3-10-15-24-23(26)25-17-20-16-21(18-11-6-4-7-12-18)27-22(20)19-13-8-5-9-14-19/h4-9,11-14,16H,2-3,10,15,17H2,1H3,(H2,24,25,26). The molecule has 0 bridgehead atoms. The molecular weight excluding hydrogens is 336 g/mol. The molecule has 2 N–H and O–H groups in total. The van der Waals surface area contributed by atoms with Crippen LogP contribution in [0.15, 0.2) is 71.1 Å². The fraction of sp³-hybridized carbons (Fsp3) is 0.261. The lowest BCUT2D eigenvalue weighted by Gasteiger charge is -2.07. The van der Waals surface area contributed by atoms with Crippen molar-refractivity contribution in [3.05, 3.63) is 72.3 Å². The highest BCUT2D eigenvalue weighted by Crippen LogP contribution is 2.32. The van der Waals surface area contributed by atoms with Gasteiger partial charge in [-0.1, -0.05) is 80.4 Å². The van der Waals surface area contributed by atoms with Crippen LogP contribution >= 0.6 is 0 Å². The van der Waals surface area contributed by atoms with E-state index in [1.165, 1.54) is 0 Å². The predicted octanol–water partition coefficient (Wildman–Crippen LogP) is 5.60. The predicted molar refractivity (Wildman–Crippen MR) is 109 cm³/mol. The summed E-state index contributed by atoms with van der Waals surface area (Å²) in [5, 5.41) is 5.85. The Morgan fingerprint density at radius 2 is 1.56 bits per heavy atom. The summed E-state index contributed by atoms with van der Waals surface area (Å²) in [6.07, 6.45) is 3.27. The summed E-state index contributed by atoms with van der Waals surface area (Å²) in [4.78, 5) is 12.1. The second-order valence-electron chi connectivity index (χ2n) is 6.51. The van der Waals surface area contributed by atoms with Crippen molar-refractivity contribution in [1.29, 1.82) is 0 Å². The van der Waals surface area contributed by atoms with Crippen LogP contribution in [-0.4, -0.2) is 12.6 Å². The summed E-state index contributed by atoms with van der Waals surface area (Å²) in [6.45, 7) is 3.26. The van der Waals surface area contributed by atoms with E-state index < -0.39 is 0 Å². The van der Waals surface area contributed by atoms with E-state index in [1.54, 1.807) is 0 Å². The smallest absolute Gasteiger partial charge is 0.315 e. The largest absolute Gasteiger partial charge is 0.456 e. The first-order valence-electron chi connectivity index (χ1n) is 9.53. The lowest BCUT2D eigenvalue weighted by molar-refractivity contribution is 0.240. The molecule has 3 rings (SSSR count). The Bertz CT molecular complexity index is 841. The Balaban J connectivity index is 1.75. The highest BCUT2D eigenvalue weighted by atomic mass is 16.3. The highest BCUT2D eigenvalue weighted by Gasteiger charge is 2.15. The molecule has 0 aliphatic rings. The summed E-state index contributed by atoms with van der Waals surface area (Å²) in [5.74, 6) is 1.59. The van der Waals surface area contributed by atoms with E-state index in [2.05, 4.69) is 17.6 Å². The molecule has 0 spiro atoms. The molecule has 0 unspecified atom stereocenters. The molecule has 2 aromatic carbocycles. The van der Waals surface area contributed by atoms with Crippen molar-refractivity contribution in [3.8, 4) is 22.6 Å². The van der Waals surface area contributed by atoms with Crippen molar-refractivity contribution < 1.29 is 9.21 Å². The fourth-order valence-electron chi connectivity index (χ4n) is 2.95. The van der Waals surface area contributed by atoms with Gasteiger partial charge in [-0.2, -0.15) is 0 Å². The number of rotatable bonds is 8. The number of amides is 2. The van der Waals surface area contributed by atoms with Crippen LogP contribution in [0.25, 0.3) is 22.6 Å². The maximum Gasteiger partial charge on any atom is 0.315 e. The molecule has 0 radical (unpaired) electrons. The summed E-state index contributed by atoms with van der Waals surface area (Å²) in [6, 6.07) is 21.8. The minimum atomic E-state index is -0.146. The second kappa shape index (κ2) is 9.62. The molecule has 1 heterocycles. The average molecular weight is 362 g/mol. The molecule has 0 aliphatic heterocycles. The minimum Gasteiger partial charge on any atom is -0.456 e. The Hall–Kier alpha value is -3.01. The van der Waals surface area contributed by atoms with E-state index in [4.69, 9.17) is 4.42 Å². The zero-order valence-corrected chi connectivity index (χ0v) is 15.7. The Morgan fingerprint density at radius 3 is 2.22 bits per heavy atom. The number of unbranched alkanes of at least 4 members (excludes halogenated alkanes) is 2. The van der Waals surface area contributed by atoms with Crippen molar-refractivity contribution >= 4 is 6.03 Å². The number of benzene rings is 2. The maximum atomic E-state index is 12.1. The van der Waals surface area contributed by atoms with Crippen LogP contribution in [-0.2, 0) is 6.54 Å². The molecule has 27 heavy (non-hydrogen) atoms. The maximum absolute atomic E-state index is 12.1. The van der Waals surface area contributed by atoms with Gasteiger partial charge in [0.1, 0.15) is 11.5 Å². The van der Waals surface area contributed by atoms with Crippen LogP contribution in [0.2, 0.25) is 0 Å². The summed E-state index contributed by atoms with van der Waals surface area (Å²) in [7, 11) is 0. The molecule has 1 aromatic heterocycles. The third-order valence-corrected chi connectivity index (χ3v) is 4.41. The van der Waals surface area contributed by atoms with Crippen LogP contribution in [0.4, 0.5) is 4.79 Å². The van der Waals surface area contributed by atoms with Gasteiger partial charge in [0.2, 0.25) is 0 Å². The molecule has 2 amide bonds. The van der Waals surface area contributed by atoms with E-state index in [9.17, 15) is 4.79 Å². The van der Waals surface area contributed by atoms with E-state index in [-0.39, 0.29) is 6.03 Å². The van der Waals surface area contributed by atoms with Gasteiger partial charge in [-0.25, -0.2) is 4.79 Å². The monoisotopic (exact) mass is 362 g/mol. The van der Waals surface area contributed by atoms with Gasteiger partial charge in [-0.05, 0) is 12.5 Å². The van der Waals surface area contributed by atoms with Crippen molar-refractivity contribution in [1.82, 2.24) is 10.6 Å². The number of hydrogen-bond acceptors (Lipinski definition) is 2. The molecular formula is C23H26N2O2. The van der Waals surface area contributed by atoms with Gasteiger partial charge < -0.3 is 15.1 Å². The highest BCUT2D eigenvalue weighted by molar-refractivity contribution is 5.75. The van der Waals surface area contributed by atoms with Gasteiger partial charge in [-0.3, -0.25) is 0 Å². The van der Waals surface area contributed by atoms with E-state index >= 15 is 0 Å². The van der Waals surface area contributed by atoms with Gasteiger partial charge >= 0.3 is 6.03 Å². The van der Waals surface area contributed by atoms with Gasteiger partial charge in [0.15, 0.2) is 0 Å². The van der Waals surface area contributed by atoms with Crippen LogP contribution < -0.4 is 10.6 Å². The Labute approximate surface area is 160 Å². The van der Waals surface area contributed by atoms with Crippen molar-refractivity contribution in [3.63, 3.8) is 0 Å². The van der Waals surface area contributed by atoms with Gasteiger partial charge in [0.25, 0.3) is 0 Å². The first kappa shape index (κ1) is 18.8. The minimum absolute atomic E-state index is 0.146. The molecule has 0 atom stereocenters. The van der Waals surface area contributed by atoms with Gasteiger partial charge in [0.05, 0.1) is 0 Å². The molecule has 4 nitrogen and oxygen atoms in total. The first-order valence-corrected chi connectivity index (χ1v) is 9.53. The molecule has 0 saturated carbocycles. The molecule has 4 heteroatoms.